The first-order valence-electron chi connectivity index (χ1n) is 7.42. The Kier molecular flexibility index (Phi) is 6.24. The third kappa shape index (κ3) is 4.68. The fraction of sp³-hybridized carbons (Fsp3) is 0.625. The molecule has 1 aromatic carbocycles. The van der Waals surface area contributed by atoms with Crippen molar-refractivity contribution in [2.24, 2.45) is 5.92 Å². The number of hydrogen-bond acceptors (Lipinski definition) is 3. The molecule has 1 fully saturated rings. The highest BCUT2D eigenvalue weighted by Gasteiger charge is 2.19. The molecule has 4 heteroatoms. The Labute approximate surface area is 135 Å². The first kappa shape index (κ1) is 16.2. The van der Waals surface area contributed by atoms with Crippen molar-refractivity contribution >= 4 is 33.4 Å². The SMILES string of the molecule is CC(C)CNCc1ccc(Br)cc1N1CCSC(C)C1. The fourth-order valence-corrected chi connectivity index (χ4v) is 3.88. The number of nitrogens with zero attached hydrogens (tertiary/aromatic N) is 1. The third-order valence-electron chi connectivity index (χ3n) is 3.50. The van der Waals surface area contributed by atoms with Gasteiger partial charge < -0.3 is 10.2 Å². The van der Waals surface area contributed by atoms with Crippen LogP contribution in [0.15, 0.2) is 22.7 Å². The number of halogens is 1. The van der Waals surface area contributed by atoms with E-state index in [2.05, 4.69) is 76.9 Å². The van der Waals surface area contributed by atoms with Gasteiger partial charge in [-0.3, -0.25) is 0 Å². The molecule has 1 heterocycles. The first-order chi connectivity index (χ1) is 9.56. The van der Waals surface area contributed by atoms with Gasteiger partial charge in [0.1, 0.15) is 0 Å². The molecule has 0 radical (unpaired) electrons. The summed E-state index contributed by atoms with van der Waals surface area (Å²) in [6.07, 6.45) is 0. The van der Waals surface area contributed by atoms with Crippen molar-refractivity contribution in [3.05, 3.63) is 28.2 Å². The number of rotatable bonds is 5. The topological polar surface area (TPSA) is 15.3 Å². The van der Waals surface area contributed by atoms with Crippen molar-refractivity contribution in [3.63, 3.8) is 0 Å². The highest BCUT2D eigenvalue weighted by atomic mass is 79.9. The summed E-state index contributed by atoms with van der Waals surface area (Å²) in [6, 6.07) is 6.67. The summed E-state index contributed by atoms with van der Waals surface area (Å²) in [5.41, 5.74) is 2.80. The van der Waals surface area contributed by atoms with Crippen molar-refractivity contribution in [1.82, 2.24) is 5.32 Å². The van der Waals surface area contributed by atoms with Crippen LogP contribution >= 0.6 is 27.7 Å². The lowest BCUT2D eigenvalue weighted by Crippen LogP contribution is -2.37. The number of benzene rings is 1. The smallest absolute Gasteiger partial charge is 0.0423 e. The molecule has 1 saturated heterocycles. The van der Waals surface area contributed by atoms with Crippen LogP contribution in [0.4, 0.5) is 5.69 Å². The Bertz CT molecular complexity index is 436. The van der Waals surface area contributed by atoms with Crippen molar-refractivity contribution in [3.8, 4) is 0 Å². The van der Waals surface area contributed by atoms with Gasteiger partial charge in [-0.05, 0) is 30.2 Å². The maximum absolute atomic E-state index is 3.62. The molecule has 0 amide bonds. The van der Waals surface area contributed by atoms with E-state index in [4.69, 9.17) is 0 Å². The van der Waals surface area contributed by atoms with Crippen LogP contribution in [0.25, 0.3) is 0 Å². The second-order valence-corrected chi connectivity index (χ2v) is 8.39. The van der Waals surface area contributed by atoms with Gasteiger partial charge in [-0.15, -0.1) is 0 Å². The van der Waals surface area contributed by atoms with Crippen LogP contribution < -0.4 is 10.2 Å². The molecular formula is C16H25BrN2S. The van der Waals surface area contributed by atoms with Gasteiger partial charge in [0.15, 0.2) is 0 Å². The summed E-state index contributed by atoms with van der Waals surface area (Å²) >= 11 is 5.70. The summed E-state index contributed by atoms with van der Waals surface area (Å²) in [6.45, 7) is 11.2. The molecule has 1 aliphatic rings. The summed E-state index contributed by atoms with van der Waals surface area (Å²) < 4.78 is 1.17. The highest BCUT2D eigenvalue weighted by Crippen LogP contribution is 2.29. The van der Waals surface area contributed by atoms with Gasteiger partial charge in [0.25, 0.3) is 0 Å². The average Bonchev–Trinajstić information content (AvgIpc) is 2.40. The zero-order chi connectivity index (χ0) is 14.5. The quantitative estimate of drug-likeness (QED) is 0.853. The lowest BCUT2D eigenvalue weighted by atomic mass is 10.1. The van der Waals surface area contributed by atoms with Crippen molar-refractivity contribution in [1.29, 1.82) is 0 Å². The van der Waals surface area contributed by atoms with Crippen molar-refractivity contribution in [2.45, 2.75) is 32.6 Å². The minimum atomic E-state index is 0.695. The van der Waals surface area contributed by atoms with E-state index in [-0.39, 0.29) is 0 Å². The molecule has 2 rings (SSSR count). The van der Waals surface area contributed by atoms with Crippen LogP contribution in [0.2, 0.25) is 0 Å². The van der Waals surface area contributed by atoms with Crippen LogP contribution in [0, 0.1) is 5.92 Å². The summed E-state index contributed by atoms with van der Waals surface area (Å²) in [5.74, 6) is 1.92. The molecule has 20 heavy (non-hydrogen) atoms. The first-order valence-corrected chi connectivity index (χ1v) is 9.26. The minimum Gasteiger partial charge on any atom is -0.369 e. The molecule has 0 spiro atoms. The van der Waals surface area contributed by atoms with E-state index in [1.54, 1.807) is 0 Å². The maximum atomic E-state index is 3.62. The zero-order valence-corrected chi connectivity index (χ0v) is 15.1. The van der Waals surface area contributed by atoms with Crippen LogP contribution in [-0.4, -0.2) is 30.6 Å². The molecule has 1 unspecified atom stereocenters. The van der Waals surface area contributed by atoms with Crippen molar-refractivity contribution < 1.29 is 0 Å². The van der Waals surface area contributed by atoms with Gasteiger partial charge in [0.2, 0.25) is 0 Å². The molecule has 1 aromatic rings. The molecule has 112 valence electrons. The van der Waals surface area contributed by atoms with Gasteiger partial charge in [-0.2, -0.15) is 11.8 Å². The Morgan fingerprint density at radius 3 is 2.95 bits per heavy atom. The molecule has 1 atom stereocenters. The van der Waals surface area contributed by atoms with Crippen LogP contribution in [0.5, 0.6) is 0 Å². The van der Waals surface area contributed by atoms with E-state index >= 15 is 0 Å². The summed E-state index contributed by atoms with van der Waals surface area (Å²) in [5, 5.41) is 4.29. The fourth-order valence-electron chi connectivity index (χ4n) is 2.51. The van der Waals surface area contributed by atoms with Crippen LogP contribution in [0.1, 0.15) is 26.3 Å². The molecule has 0 aromatic heterocycles. The lowest BCUT2D eigenvalue weighted by molar-refractivity contribution is 0.552. The average molecular weight is 357 g/mol. The van der Waals surface area contributed by atoms with Gasteiger partial charge in [0, 0.05) is 40.8 Å². The van der Waals surface area contributed by atoms with E-state index in [0.717, 1.165) is 31.4 Å². The minimum absolute atomic E-state index is 0.695. The van der Waals surface area contributed by atoms with E-state index in [1.165, 1.54) is 21.5 Å². The Hall–Kier alpha value is -0.190. The Morgan fingerprint density at radius 1 is 1.45 bits per heavy atom. The van der Waals surface area contributed by atoms with E-state index in [0.29, 0.717) is 5.92 Å². The van der Waals surface area contributed by atoms with E-state index < -0.39 is 0 Å². The third-order valence-corrected chi connectivity index (χ3v) is 5.13. The number of anilines is 1. The summed E-state index contributed by atoms with van der Waals surface area (Å²) in [4.78, 5) is 2.54. The number of nitrogens with one attached hydrogen (secondary N) is 1. The molecule has 1 N–H and O–H groups in total. The largest absolute Gasteiger partial charge is 0.369 e. The summed E-state index contributed by atoms with van der Waals surface area (Å²) in [7, 11) is 0. The Balaban J connectivity index is 2.10. The molecule has 0 aliphatic carbocycles. The predicted octanol–water partition coefficient (Wildman–Crippen LogP) is 4.14. The zero-order valence-electron chi connectivity index (χ0n) is 12.7. The second-order valence-electron chi connectivity index (χ2n) is 5.93. The second kappa shape index (κ2) is 7.71. The van der Waals surface area contributed by atoms with Gasteiger partial charge >= 0.3 is 0 Å². The molecule has 0 bridgehead atoms. The monoisotopic (exact) mass is 356 g/mol. The van der Waals surface area contributed by atoms with Gasteiger partial charge in [-0.25, -0.2) is 0 Å². The van der Waals surface area contributed by atoms with Crippen LogP contribution in [-0.2, 0) is 6.54 Å². The highest BCUT2D eigenvalue weighted by molar-refractivity contribution is 9.10. The molecule has 1 aliphatic heterocycles. The predicted molar refractivity (Wildman–Crippen MR) is 94.8 cm³/mol. The van der Waals surface area contributed by atoms with Gasteiger partial charge in [0.05, 0.1) is 0 Å². The number of hydrogen-bond donors (Lipinski definition) is 1. The van der Waals surface area contributed by atoms with Crippen LogP contribution in [0.3, 0.4) is 0 Å². The van der Waals surface area contributed by atoms with Gasteiger partial charge in [-0.1, -0.05) is 42.8 Å². The maximum Gasteiger partial charge on any atom is 0.0423 e. The molecular weight excluding hydrogens is 332 g/mol. The lowest BCUT2D eigenvalue weighted by Gasteiger charge is -2.34. The molecule has 0 saturated carbocycles. The van der Waals surface area contributed by atoms with Crippen molar-refractivity contribution in [2.75, 3.05) is 30.3 Å². The normalized spacial score (nSPS) is 19.6. The standard InChI is InChI=1S/C16H25BrN2S/c1-12(2)9-18-10-14-4-5-15(17)8-16(14)19-6-7-20-13(3)11-19/h4-5,8,12-13,18H,6-7,9-11H2,1-3H3. The van der Waals surface area contributed by atoms with E-state index in [1.807, 2.05) is 0 Å². The Morgan fingerprint density at radius 2 is 2.25 bits per heavy atom. The van der Waals surface area contributed by atoms with E-state index in [9.17, 15) is 0 Å². The number of thioether (sulfide) groups is 1. The molecule has 2 nitrogen and oxygen atoms in total.